The first kappa shape index (κ1) is 15.6. The number of carbonyl (C=O) groups excluding carboxylic acids is 4. The lowest BCUT2D eigenvalue weighted by Gasteiger charge is -2.42. The minimum atomic E-state index is -2.20. The van der Waals surface area contributed by atoms with Gasteiger partial charge in [-0.3, -0.25) is 29.4 Å². The topological polar surface area (TPSA) is 98.2 Å². The van der Waals surface area contributed by atoms with Crippen molar-refractivity contribution in [2.75, 3.05) is 14.1 Å². The standard InChI is InChI=1S/C14H15N3O5/c1-14(11(19)15(2)13(21)16(3)12(14)20)17(22)10(18)9-7-5-4-6-8-9/h4-8,22H,1-3H3. The average molecular weight is 305 g/mol. The number of rotatable bonds is 2. The van der Waals surface area contributed by atoms with Gasteiger partial charge in [0.1, 0.15) is 0 Å². The molecule has 1 aromatic rings. The highest BCUT2D eigenvalue weighted by molar-refractivity contribution is 6.23. The van der Waals surface area contributed by atoms with Gasteiger partial charge in [-0.15, -0.1) is 0 Å². The lowest BCUT2D eigenvalue weighted by molar-refractivity contribution is -0.182. The van der Waals surface area contributed by atoms with Gasteiger partial charge < -0.3 is 0 Å². The van der Waals surface area contributed by atoms with Crippen LogP contribution in [-0.2, 0) is 9.59 Å². The molecule has 0 aliphatic carbocycles. The molecule has 1 heterocycles. The SMILES string of the molecule is CN1C(=O)N(C)C(=O)C(C)(N(O)C(=O)c2ccccc2)C1=O. The van der Waals surface area contributed by atoms with E-state index in [1.54, 1.807) is 18.2 Å². The number of benzene rings is 1. The van der Waals surface area contributed by atoms with Crippen LogP contribution >= 0.6 is 0 Å². The van der Waals surface area contributed by atoms with Gasteiger partial charge in [0.25, 0.3) is 17.7 Å². The number of likely N-dealkylation sites (N-methyl/N-ethyl adjacent to an activating group) is 2. The number of hydrogen-bond acceptors (Lipinski definition) is 5. The summed E-state index contributed by atoms with van der Waals surface area (Å²) in [5.74, 6) is -2.87. The molecule has 5 amide bonds. The van der Waals surface area contributed by atoms with Crippen molar-refractivity contribution in [1.29, 1.82) is 0 Å². The molecule has 0 aromatic heterocycles. The third-order valence-corrected chi connectivity index (χ3v) is 3.65. The molecular formula is C14H15N3O5. The monoisotopic (exact) mass is 305 g/mol. The van der Waals surface area contributed by atoms with E-state index in [4.69, 9.17) is 0 Å². The fourth-order valence-electron chi connectivity index (χ4n) is 2.23. The van der Waals surface area contributed by atoms with Gasteiger partial charge in [-0.1, -0.05) is 18.2 Å². The summed E-state index contributed by atoms with van der Waals surface area (Å²) < 4.78 is 0. The van der Waals surface area contributed by atoms with Crippen molar-refractivity contribution >= 4 is 23.8 Å². The molecular weight excluding hydrogens is 290 g/mol. The maximum Gasteiger partial charge on any atom is 0.333 e. The van der Waals surface area contributed by atoms with E-state index in [0.717, 1.165) is 6.92 Å². The second-order valence-electron chi connectivity index (χ2n) is 5.07. The van der Waals surface area contributed by atoms with Crippen LogP contribution < -0.4 is 0 Å². The summed E-state index contributed by atoms with van der Waals surface area (Å²) in [7, 11) is 2.35. The van der Waals surface area contributed by atoms with Crippen LogP contribution in [-0.4, -0.2) is 63.5 Å². The van der Waals surface area contributed by atoms with Gasteiger partial charge in [0, 0.05) is 19.7 Å². The molecule has 1 N–H and O–H groups in total. The van der Waals surface area contributed by atoms with Gasteiger partial charge in [-0.25, -0.2) is 4.79 Å². The Morgan fingerprint density at radius 1 is 1.05 bits per heavy atom. The maximum absolute atomic E-state index is 12.3. The highest BCUT2D eigenvalue weighted by Gasteiger charge is 2.57. The van der Waals surface area contributed by atoms with E-state index >= 15 is 0 Å². The first-order chi connectivity index (χ1) is 10.2. The average Bonchev–Trinajstić information content (AvgIpc) is 2.55. The zero-order valence-corrected chi connectivity index (χ0v) is 12.3. The van der Waals surface area contributed by atoms with Crippen LogP contribution in [0.3, 0.4) is 0 Å². The third kappa shape index (κ3) is 2.04. The summed E-state index contributed by atoms with van der Waals surface area (Å²) in [5, 5.41) is 10.3. The van der Waals surface area contributed by atoms with E-state index in [-0.39, 0.29) is 10.6 Å². The number of amides is 5. The number of nitrogens with zero attached hydrogens (tertiary/aromatic N) is 3. The zero-order valence-electron chi connectivity index (χ0n) is 12.3. The quantitative estimate of drug-likeness (QED) is 0.482. The number of carbonyl (C=O) groups is 4. The number of hydrogen-bond donors (Lipinski definition) is 1. The van der Waals surface area contributed by atoms with E-state index in [9.17, 15) is 24.4 Å². The predicted molar refractivity (Wildman–Crippen MR) is 73.7 cm³/mol. The predicted octanol–water partition coefficient (Wildman–Crippen LogP) is 0.327. The van der Waals surface area contributed by atoms with Crippen LogP contribution in [0.15, 0.2) is 30.3 Å². The van der Waals surface area contributed by atoms with Crippen molar-refractivity contribution in [1.82, 2.24) is 14.9 Å². The molecule has 1 aliphatic rings. The largest absolute Gasteiger partial charge is 0.333 e. The van der Waals surface area contributed by atoms with Gasteiger partial charge in [0.2, 0.25) is 5.54 Å². The van der Waals surface area contributed by atoms with Gasteiger partial charge in [0.15, 0.2) is 0 Å². The molecule has 8 nitrogen and oxygen atoms in total. The van der Waals surface area contributed by atoms with Crippen molar-refractivity contribution in [3.8, 4) is 0 Å². The molecule has 1 fully saturated rings. The van der Waals surface area contributed by atoms with E-state index in [1.165, 1.54) is 26.2 Å². The molecule has 0 radical (unpaired) electrons. The van der Waals surface area contributed by atoms with Crippen LogP contribution in [0.4, 0.5) is 4.79 Å². The summed E-state index contributed by atoms with van der Waals surface area (Å²) in [4.78, 5) is 50.0. The minimum absolute atomic E-state index is 0.0758. The summed E-state index contributed by atoms with van der Waals surface area (Å²) in [6, 6.07) is 6.88. The number of barbiturate groups is 1. The molecule has 116 valence electrons. The highest BCUT2D eigenvalue weighted by atomic mass is 16.5. The Morgan fingerprint density at radius 2 is 1.50 bits per heavy atom. The number of hydroxylamine groups is 2. The molecule has 0 unspecified atom stereocenters. The lowest BCUT2D eigenvalue weighted by Crippen LogP contribution is -2.72. The molecule has 1 aliphatic heterocycles. The molecule has 0 saturated carbocycles. The molecule has 0 atom stereocenters. The second kappa shape index (κ2) is 5.23. The van der Waals surface area contributed by atoms with Crippen molar-refractivity contribution in [3.63, 3.8) is 0 Å². The summed E-state index contributed by atoms with van der Waals surface area (Å²) in [6.45, 7) is 1.10. The van der Waals surface area contributed by atoms with Gasteiger partial charge >= 0.3 is 6.03 Å². The molecule has 0 spiro atoms. The Hall–Kier alpha value is -2.74. The molecule has 8 heteroatoms. The van der Waals surface area contributed by atoms with Crippen LogP contribution in [0.5, 0.6) is 0 Å². The van der Waals surface area contributed by atoms with Crippen LogP contribution in [0.25, 0.3) is 0 Å². The van der Waals surface area contributed by atoms with Crippen LogP contribution in [0.1, 0.15) is 17.3 Å². The molecule has 0 bridgehead atoms. The Kier molecular flexibility index (Phi) is 3.72. The highest BCUT2D eigenvalue weighted by Crippen LogP contribution is 2.26. The molecule has 1 saturated heterocycles. The van der Waals surface area contributed by atoms with Crippen molar-refractivity contribution < 1.29 is 24.4 Å². The van der Waals surface area contributed by atoms with E-state index in [1.807, 2.05) is 0 Å². The van der Waals surface area contributed by atoms with E-state index in [2.05, 4.69) is 0 Å². The maximum atomic E-state index is 12.3. The Labute approximate surface area is 126 Å². The lowest BCUT2D eigenvalue weighted by atomic mass is 9.95. The number of urea groups is 1. The fraction of sp³-hybridized carbons (Fsp3) is 0.286. The summed E-state index contributed by atoms with van der Waals surface area (Å²) >= 11 is 0. The minimum Gasteiger partial charge on any atom is -0.284 e. The van der Waals surface area contributed by atoms with Crippen molar-refractivity contribution in [2.24, 2.45) is 0 Å². The van der Waals surface area contributed by atoms with Crippen molar-refractivity contribution in [2.45, 2.75) is 12.5 Å². The smallest absolute Gasteiger partial charge is 0.284 e. The Bertz CT molecular complexity index is 634. The van der Waals surface area contributed by atoms with Crippen LogP contribution in [0.2, 0.25) is 0 Å². The van der Waals surface area contributed by atoms with E-state index < -0.39 is 29.3 Å². The zero-order chi connectivity index (χ0) is 16.7. The second-order valence-corrected chi connectivity index (χ2v) is 5.07. The first-order valence-corrected chi connectivity index (χ1v) is 6.41. The van der Waals surface area contributed by atoms with Crippen molar-refractivity contribution in [3.05, 3.63) is 35.9 Å². The van der Waals surface area contributed by atoms with Crippen LogP contribution in [0, 0.1) is 0 Å². The molecule has 1 aromatic carbocycles. The first-order valence-electron chi connectivity index (χ1n) is 6.41. The Morgan fingerprint density at radius 3 is 1.95 bits per heavy atom. The normalized spacial score (nSPS) is 17.7. The third-order valence-electron chi connectivity index (χ3n) is 3.65. The summed E-state index contributed by atoms with van der Waals surface area (Å²) in [6.07, 6.45) is 0. The Balaban J connectivity index is 2.44. The fourth-order valence-corrected chi connectivity index (χ4v) is 2.23. The van der Waals surface area contributed by atoms with Gasteiger partial charge in [-0.05, 0) is 19.1 Å². The number of imide groups is 2. The molecule has 2 rings (SSSR count). The van der Waals surface area contributed by atoms with Gasteiger partial charge in [-0.2, -0.15) is 5.06 Å². The van der Waals surface area contributed by atoms with Gasteiger partial charge in [0.05, 0.1) is 0 Å². The van der Waals surface area contributed by atoms with E-state index in [0.29, 0.717) is 9.80 Å². The summed E-state index contributed by atoms with van der Waals surface area (Å²) in [5.41, 5.74) is -2.10. The molecule has 22 heavy (non-hydrogen) atoms.